The molecule has 0 radical (unpaired) electrons. The van der Waals surface area contributed by atoms with Gasteiger partial charge < -0.3 is 14.8 Å². The normalized spacial score (nSPS) is 20.7. The molecule has 2 aliphatic carbocycles. The van der Waals surface area contributed by atoms with Crippen LogP contribution in [0, 0.1) is 17.8 Å². The first-order valence-electron chi connectivity index (χ1n) is 7.60. The van der Waals surface area contributed by atoms with E-state index in [9.17, 15) is 0 Å². The van der Waals surface area contributed by atoms with Gasteiger partial charge in [0.1, 0.15) is 0 Å². The molecule has 0 atom stereocenters. The number of ether oxygens (including phenoxy) is 2. The van der Waals surface area contributed by atoms with E-state index in [0.717, 1.165) is 40.3 Å². The molecule has 2 saturated carbocycles. The van der Waals surface area contributed by atoms with Crippen molar-refractivity contribution in [3.05, 3.63) is 22.2 Å². The Labute approximate surface area is 128 Å². The second kappa shape index (κ2) is 5.23. The molecule has 4 rings (SSSR count). The topological polar surface area (TPSA) is 30.5 Å². The Kier molecular flexibility index (Phi) is 3.39. The minimum Gasteiger partial charge on any atom is -0.454 e. The highest BCUT2D eigenvalue weighted by molar-refractivity contribution is 9.10. The summed E-state index contributed by atoms with van der Waals surface area (Å²) in [6.07, 6.45) is 5.83. The van der Waals surface area contributed by atoms with E-state index in [1.807, 2.05) is 0 Å². The van der Waals surface area contributed by atoms with Crippen molar-refractivity contribution in [1.29, 1.82) is 0 Å². The summed E-state index contributed by atoms with van der Waals surface area (Å²) in [4.78, 5) is 0. The van der Waals surface area contributed by atoms with Gasteiger partial charge in [-0.25, -0.2) is 0 Å². The molecule has 1 aromatic carbocycles. The predicted molar refractivity (Wildman–Crippen MR) is 80.9 cm³/mol. The lowest BCUT2D eigenvalue weighted by atomic mass is 9.98. The predicted octanol–water partition coefficient (Wildman–Crippen LogP) is 3.70. The molecule has 1 aliphatic heterocycles. The van der Waals surface area contributed by atoms with Gasteiger partial charge in [-0.1, -0.05) is 0 Å². The molecule has 0 aromatic heterocycles. The molecule has 0 spiro atoms. The van der Waals surface area contributed by atoms with Gasteiger partial charge in [0, 0.05) is 6.54 Å². The van der Waals surface area contributed by atoms with Crippen molar-refractivity contribution in [2.75, 3.05) is 13.3 Å². The molecule has 1 heterocycles. The van der Waals surface area contributed by atoms with Crippen molar-refractivity contribution in [3.8, 4) is 11.5 Å². The maximum Gasteiger partial charge on any atom is 0.231 e. The fraction of sp³-hybridized carbons (Fsp3) is 0.625. The molecule has 1 N–H and O–H groups in total. The summed E-state index contributed by atoms with van der Waals surface area (Å²) in [5.74, 6) is 4.64. The van der Waals surface area contributed by atoms with Gasteiger partial charge in [-0.05, 0) is 83.6 Å². The summed E-state index contributed by atoms with van der Waals surface area (Å²) in [6, 6.07) is 4.22. The number of hydrogen-bond donors (Lipinski definition) is 1. The summed E-state index contributed by atoms with van der Waals surface area (Å²) in [5, 5.41) is 3.65. The molecule has 0 bridgehead atoms. The third-order valence-electron chi connectivity index (χ3n) is 4.65. The van der Waals surface area contributed by atoms with Crippen LogP contribution in [0.25, 0.3) is 0 Å². The Morgan fingerprint density at radius 3 is 2.60 bits per heavy atom. The molecule has 0 saturated heterocycles. The van der Waals surface area contributed by atoms with Crippen molar-refractivity contribution < 1.29 is 9.47 Å². The quantitative estimate of drug-likeness (QED) is 0.858. The maximum atomic E-state index is 5.46. The van der Waals surface area contributed by atoms with Gasteiger partial charge >= 0.3 is 0 Å². The van der Waals surface area contributed by atoms with Gasteiger partial charge in [-0.15, -0.1) is 0 Å². The number of hydrogen-bond acceptors (Lipinski definition) is 3. The van der Waals surface area contributed by atoms with Gasteiger partial charge in [-0.2, -0.15) is 0 Å². The minimum atomic E-state index is 0.330. The zero-order valence-corrected chi connectivity index (χ0v) is 13.1. The van der Waals surface area contributed by atoms with Crippen LogP contribution in [0.4, 0.5) is 0 Å². The molecule has 4 heteroatoms. The highest BCUT2D eigenvalue weighted by atomic mass is 79.9. The van der Waals surface area contributed by atoms with Crippen molar-refractivity contribution in [2.45, 2.75) is 32.2 Å². The zero-order chi connectivity index (χ0) is 13.5. The first-order valence-corrected chi connectivity index (χ1v) is 8.39. The monoisotopic (exact) mass is 337 g/mol. The molecule has 20 heavy (non-hydrogen) atoms. The molecule has 0 unspecified atom stereocenters. The highest BCUT2D eigenvalue weighted by Gasteiger charge is 2.40. The molecule has 3 aliphatic rings. The van der Waals surface area contributed by atoms with Crippen molar-refractivity contribution in [3.63, 3.8) is 0 Å². The summed E-state index contributed by atoms with van der Waals surface area (Å²) in [5.41, 5.74) is 1.26. The average Bonchev–Trinajstić information content (AvgIpc) is 3.34. The van der Waals surface area contributed by atoms with Gasteiger partial charge in [0.25, 0.3) is 0 Å². The number of fused-ring (bicyclic) bond motifs is 1. The van der Waals surface area contributed by atoms with Crippen molar-refractivity contribution >= 4 is 15.9 Å². The molecule has 1 aromatic rings. The van der Waals surface area contributed by atoms with E-state index in [-0.39, 0.29) is 0 Å². The van der Waals surface area contributed by atoms with E-state index in [1.54, 1.807) is 0 Å². The summed E-state index contributed by atoms with van der Waals surface area (Å²) >= 11 is 3.55. The molecular formula is C16H20BrNO2. The third-order valence-corrected chi connectivity index (χ3v) is 5.24. The van der Waals surface area contributed by atoms with Gasteiger partial charge in [0.05, 0.1) is 4.47 Å². The van der Waals surface area contributed by atoms with Gasteiger partial charge in [0.2, 0.25) is 6.79 Å². The van der Waals surface area contributed by atoms with Crippen LogP contribution in [0.15, 0.2) is 16.6 Å². The Hall–Kier alpha value is -0.740. The largest absolute Gasteiger partial charge is 0.454 e. The van der Waals surface area contributed by atoms with Gasteiger partial charge in [0.15, 0.2) is 11.5 Å². The van der Waals surface area contributed by atoms with E-state index in [2.05, 4.69) is 33.4 Å². The number of halogens is 1. The third kappa shape index (κ3) is 2.68. The second-order valence-corrected chi connectivity index (χ2v) is 7.14. The first kappa shape index (κ1) is 13.0. The standard InChI is InChI=1S/C16H20BrNO2/c17-14-5-10(6-15-16(14)20-9-19-15)7-18-8-13(11-1-2-11)12-3-4-12/h5-6,11-13,18H,1-4,7-9H2. The highest BCUT2D eigenvalue weighted by Crippen LogP contribution is 2.48. The molecular weight excluding hydrogens is 318 g/mol. The second-order valence-electron chi connectivity index (χ2n) is 6.28. The first-order chi connectivity index (χ1) is 9.81. The Morgan fingerprint density at radius 2 is 1.90 bits per heavy atom. The van der Waals surface area contributed by atoms with Crippen LogP contribution in [0.1, 0.15) is 31.2 Å². The van der Waals surface area contributed by atoms with Gasteiger partial charge in [-0.3, -0.25) is 0 Å². The number of benzene rings is 1. The minimum absolute atomic E-state index is 0.330. The van der Waals surface area contributed by atoms with Crippen LogP contribution >= 0.6 is 15.9 Å². The van der Waals surface area contributed by atoms with Crippen LogP contribution in [-0.4, -0.2) is 13.3 Å². The SMILES string of the molecule is Brc1cc(CNCC(C2CC2)C2CC2)cc2c1OCO2. The van der Waals surface area contributed by atoms with Crippen LogP contribution in [0.5, 0.6) is 11.5 Å². The lowest BCUT2D eigenvalue weighted by Crippen LogP contribution is -2.25. The summed E-state index contributed by atoms with van der Waals surface area (Å²) in [6.45, 7) is 2.41. The molecule has 3 nitrogen and oxygen atoms in total. The molecule has 108 valence electrons. The van der Waals surface area contributed by atoms with Crippen molar-refractivity contribution in [2.24, 2.45) is 17.8 Å². The Balaban J connectivity index is 1.36. The Morgan fingerprint density at radius 1 is 1.15 bits per heavy atom. The average molecular weight is 338 g/mol. The van der Waals surface area contributed by atoms with Crippen LogP contribution in [0.3, 0.4) is 0 Å². The summed E-state index contributed by atoms with van der Waals surface area (Å²) < 4.78 is 11.9. The zero-order valence-electron chi connectivity index (χ0n) is 11.5. The fourth-order valence-electron chi connectivity index (χ4n) is 3.27. The van der Waals surface area contributed by atoms with Crippen LogP contribution < -0.4 is 14.8 Å². The van der Waals surface area contributed by atoms with E-state index in [0.29, 0.717) is 6.79 Å². The molecule has 2 fully saturated rings. The van der Waals surface area contributed by atoms with E-state index < -0.39 is 0 Å². The Bertz CT molecular complexity index is 499. The lowest BCUT2D eigenvalue weighted by molar-refractivity contribution is 0.173. The van der Waals surface area contributed by atoms with Crippen LogP contribution in [0.2, 0.25) is 0 Å². The summed E-state index contributed by atoms with van der Waals surface area (Å²) in [7, 11) is 0. The molecule has 0 amide bonds. The van der Waals surface area contributed by atoms with Crippen molar-refractivity contribution in [1.82, 2.24) is 5.32 Å². The van der Waals surface area contributed by atoms with E-state index >= 15 is 0 Å². The van der Waals surface area contributed by atoms with Crippen LogP contribution in [-0.2, 0) is 6.54 Å². The number of nitrogens with one attached hydrogen (secondary N) is 1. The van der Waals surface area contributed by atoms with E-state index in [1.165, 1.54) is 37.8 Å². The maximum absolute atomic E-state index is 5.46. The number of rotatable bonds is 6. The smallest absolute Gasteiger partial charge is 0.231 e. The van der Waals surface area contributed by atoms with E-state index in [4.69, 9.17) is 9.47 Å². The lowest BCUT2D eigenvalue weighted by Gasteiger charge is -2.16. The fourth-order valence-corrected chi connectivity index (χ4v) is 3.88.